The number of amides is 1. The minimum Gasteiger partial charge on any atom is -0.325 e. The Morgan fingerprint density at radius 1 is 1.23 bits per heavy atom. The van der Waals surface area contributed by atoms with Gasteiger partial charge in [0.05, 0.1) is 0 Å². The third-order valence-electron chi connectivity index (χ3n) is 5.41. The zero-order chi connectivity index (χ0) is 15.7. The van der Waals surface area contributed by atoms with Crippen LogP contribution in [0.3, 0.4) is 0 Å². The number of anilines is 1. The fourth-order valence-electron chi connectivity index (χ4n) is 4.12. The summed E-state index contributed by atoms with van der Waals surface area (Å²) in [5, 5.41) is 3.15. The zero-order valence-corrected chi connectivity index (χ0v) is 13.5. The van der Waals surface area contributed by atoms with Crippen molar-refractivity contribution >= 4 is 17.4 Å². The van der Waals surface area contributed by atoms with Crippen molar-refractivity contribution < 1.29 is 9.59 Å². The van der Waals surface area contributed by atoms with Crippen LogP contribution in [0.4, 0.5) is 5.69 Å². The molecule has 2 aliphatic rings. The first kappa shape index (κ1) is 15.3. The van der Waals surface area contributed by atoms with E-state index in [0.29, 0.717) is 5.78 Å². The predicted molar refractivity (Wildman–Crippen MR) is 87.7 cm³/mol. The van der Waals surface area contributed by atoms with Crippen molar-refractivity contribution in [2.45, 2.75) is 52.4 Å². The number of hydrogen-bond donors (Lipinski definition) is 1. The minimum absolute atomic E-state index is 0.00249. The normalized spacial score (nSPS) is 27.5. The first-order valence-corrected chi connectivity index (χ1v) is 8.53. The molecule has 1 aromatic rings. The van der Waals surface area contributed by atoms with E-state index in [4.69, 9.17) is 0 Å². The monoisotopic (exact) mass is 299 g/mol. The molecule has 1 unspecified atom stereocenters. The van der Waals surface area contributed by atoms with Crippen molar-refractivity contribution in [2.75, 3.05) is 5.32 Å². The van der Waals surface area contributed by atoms with Gasteiger partial charge in [-0.1, -0.05) is 31.5 Å². The second-order valence-corrected chi connectivity index (χ2v) is 6.85. The average molecular weight is 299 g/mol. The highest BCUT2D eigenvalue weighted by molar-refractivity contribution is 5.96. The third kappa shape index (κ3) is 2.81. The van der Waals surface area contributed by atoms with Crippen LogP contribution in [0, 0.1) is 24.7 Å². The lowest BCUT2D eigenvalue weighted by Gasteiger charge is -2.37. The summed E-state index contributed by atoms with van der Waals surface area (Å²) in [5.41, 5.74) is 3.26. The number of aryl methyl sites for hydroxylation is 2. The maximum atomic E-state index is 12.7. The van der Waals surface area contributed by atoms with Crippen molar-refractivity contribution in [1.82, 2.24) is 0 Å². The van der Waals surface area contributed by atoms with Gasteiger partial charge in [-0.25, -0.2) is 0 Å². The number of nitrogens with one attached hydrogen (secondary N) is 1. The summed E-state index contributed by atoms with van der Waals surface area (Å²) in [6.45, 7) is 4.14. The molecule has 0 radical (unpaired) electrons. The molecule has 2 bridgehead atoms. The summed E-state index contributed by atoms with van der Waals surface area (Å²) >= 11 is 0. The average Bonchev–Trinajstić information content (AvgIpc) is 2.48. The maximum absolute atomic E-state index is 12.7. The standard InChI is InChI=1S/C19H25NO2/c1-3-13-7-4-6-12(2)17(13)20-19(22)16-10-14-8-5-9-15(11-16)18(14)21/h4,6-7,14-16H,3,5,8-11H2,1-2H3,(H,20,22)/t14-,15+,16?. The molecular formula is C19H25NO2. The number of carbonyl (C=O) groups is 2. The van der Waals surface area contributed by atoms with E-state index in [1.807, 2.05) is 19.1 Å². The van der Waals surface area contributed by atoms with Crippen LogP contribution in [0.1, 0.15) is 50.2 Å². The molecule has 0 heterocycles. The summed E-state index contributed by atoms with van der Waals surface area (Å²) < 4.78 is 0. The highest BCUT2D eigenvalue weighted by Crippen LogP contribution is 2.40. The lowest BCUT2D eigenvalue weighted by molar-refractivity contribution is -0.136. The fourth-order valence-corrected chi connectivity index (χ4v) is 4.12. The fraction of sp³-hybridized carbons (Fsp3) is 0.579. The van der Waals surface area contributed by atoms with Crippen LogP contribution in [0.25, 0.3) is 0 Å². The molecule has 1 N–H and O–H groups in total. The molecule has 0 saturated heterocycles. The first-order chi connectivity index (χ1) is 10.6. The lowest BCUT2D eigenvalue weighted by atomic mass is 9.67. The van der Waals surface area contributed by atoms with Crippen molar-refractivity contribution in [1.29, 1.82) is 0 Å². The van der Waals surface area contributed by atoms with Crippen LogP contribution in [-0.2, 0) is 16.0 Å². The van der Waals surface area contributed by atoms with Gasteiger partial charge in [0.15, 0.2) is 0 Å². The summed E-state index contributed by atoms with van der Waals surface area (Å²) in [5.74, 6) is 0.780. The van der Waals surface area contributed by atoms with Crippen LogP contribution in [0.5, 0.6) is 0 Å². The number of Topliss-reactive ketones (excluding diaryl/α,β-unsaturated/α-hetero) is 1. The molecule has 2 aliphatic carbocycles. The van der Waals surface area contributed by atoms with Crippen LogP contribution < -0.4 is 5.32 Å². The van der Waals surface area contributed by atoms with Crippen LogP contribution in [0.2, 0.25) is 0 Å². The van der Waals surface area contributed by atoms with E-state index < -0.39 is 0 Å². The molecule has 1 aromatic carbocycles. The number of fused-ring (bicyclic) bond motifs is 2. The number of rotatable bonds is 3. The Labute approximate surface area is 132 Å². The van der Waals surface area contributed by atoms with Gasteiger partial charge in [0.25, 0.3) is 0 Å². The van der Waals surface area contributed by atoms with Gasteiger partial charge >= 0.3 is 0 Å². The van der Waals surface area contributed by atoms with E-state index in [0.717, 1.165) is 49.8 Å². The van der Waals surface area contributed by atoms with Gasteiger partial charge in [-0.3, -0.25) is 9.59 Å². The molecule has 0 spiro atoms. The topological polar surface area (TPSA) is 46.2 Å². The van der Waals surface area contributed by atoms with E-state index in [1.165, 1.54) is 5.56 Å². The first-order valence-electron chi connectivity index (χ1n) is 8.53. The van der Waals surface area contributed by atoms with E-state index in [2.05, 4.69) is 18.3 Å². The molecule has 22 heavy (non-hydrogen) atoms. The number of para-hydroxylation sites is 1. The lowest BCUT2D eigenvalue weighted by Crippen LogP contribution is -2.40. The second kappa shape index (κ2) is 6.23. The van der Waals surface area contributed by atoms with Gasteiger partial charge in [-0.2, -0.15) is 0 Å². The second-order valence-electron chi connectivity index (χ2n) is 6.85. The number of ketones is 1. The SMILES string of the molecule is CCc1cccc(C)c1NC(=O)C1C[C@H]2CCC[C@@H](C1)C2=O. The summed E-state index contributed by atoms with van der Waals surface area (Å²) in [4.78, 5) is 24.9. The molecule has 118 valence electrons. The van der Waals surface area contributed by atoms with Crippen molar-refractivity contribution in [3.63, 3.8) is 0 Å². The van der Waals surface area contributed by atoms with Gasteiger partial charge in [0.1, 0.15) is 5.78 Å². The van der Waals surface area contributed by atoms with Crippen LogP contribution >= 0.6 is 0 Å². The molecule has 3 heteroatoms. The van der Waals surface area contributed by atoms with Crippen molar-refractivity contribution in [3.05, 3.63) is 29.3 Å². The molecule has 2 fully saturated rings. The summed E-state index contributed by atoms with van der Waals surface area (Å²) in [6, 6.07) is 6.14. The molecule has 3 nitrogen and oxygen atoms in total. The quantitative estimate of drug-likeness (QED) is 0.920. The van der Waals surface area contributed by atoms with Gasteiger partial charge in [0.2, 0.25) is 5.91 Å². The van der Waals surface area contributed by atoms with E-state index >= 15 is 0 Å². The Bertz CT molecular complexity index is 577. The molecular weight excluding hydrogens is 274 g/mol. The molecule has 1 amide bonds. The highest BCUT2D eigenvalue weighted by Gasteiger charge is 2.41. The van der Waals surface area contributed by atoms with Crippen molar-refractivity contribution in [3.8, 4) is 0 Å². The smallest absolute Gasteiger partial charge is 0.227 e. The van der Waals surface area contributed by atoms with E-state index in [-0.39, 0.29) is 23.7 Å². The molecule has 3 rings (SSSR count). The van der Waals surface area contributed by atoms with E-state index in [1.54, 1.807) is 0 Å². The van der Waals surface area contributed by atoms with Crippen molar-refractivity contribution in [2.24, 2.45) is 17.8 Å². The zero-order valence-electron chi connectivity index (χ0n) is 13.5. The predicted octanol–water partition coefficient (Wildman–Crippen LogP) is 3.89. The molecule has 2 saturated carbocycles. The Kier molecular flexibility index (Phi) is 4.32. The summed E-state index contributed by atoms with van der Waals surface area (Å²) in [7, 11) is 0. The van der Waals surface area contributed by atoms with Gasteiger partial charge in [-0.15, -0.1) is 0 Å². The number of hydrogen-bond acceptors (Lipinski definition) is 2. The number of carbonyl (C=O) groups excluding carboxylic acids is 2. The van der Waals surface area contributed by atoms with Crippen LogP contribution in [0.15, 0.2) is 18.2 Å². The third-order valence-corrected chi connectivity index (χ3v) is 5.41. The molecule has 0 aromatic heterocycles. The Balaban J connectivity index is 1.74. The van der Waals surface area contributed by atoms with E-state index in [9.17, 15) is 9.59 Å². The maximum Gasteiger partial charge on any atom is 0.227 e. The molecule has 3 atom stereocenters. The van der Waals surface area contributed by atoms with Gasteiger partial charge < -0.3 is 5.32 Å². The van der Waals surface area contributed by atoms with Gasteiger partial charge in [0, 0.05) is 23.4 Å². The summed E-state index contributed by atoms with van der Waals surface area (Å²) in [6.07, 6.45) is 5.50. The Morgan fingerprint density at radius 2 is 1.91 bits per heavy atom. The van der Waals surface area contributed by atoms with Crippen LogP contribution in [-0.4, -0.2) is 11.7 Å². The van der Waals surface area contributed by atoms with Gasteiger partial charge in [-0.05, 0) is 50.2 Å². The Morgan fingerprint density at radius 3 is 2.55 bits per heavy atom. The highest BCUT2D eigenvalue weighted by atomic mass is 16.2. The molecule has 0 aliphatic heterocycles. The Hall–Kier alpha value is -1.64. The minimum atomic E-state index is -0.00249. The number of benzene rings is 1. The largest absolute Gasteiger partial charge is 0.325 e.